The van der Waals surface area contributed by atoms with Crippen molar-refractivity contribution in [1.29, 1.82) is 0 Å². The van der Waals surface area contributed by atoms with E-state index in [9.17, 15) is 9.59 Å². The van der Waals surface area contributed by atoms with Crippen LogP contribution in [0.1, 0.15) is 47.6 Å². The highest BCUT2D eigenvalue weighted by atomic mass is 19.1. The van der Waals surface area contributed by atoms with Crippen molar-refractivity contribution in [3.05, 3.63) is 42.0 Å². The second kappa shape index (κ2) is 9.41. The zero-order valence-electron chi connectivity index (χ0n) is 18.8. The van der Waals surface area contributed by atoms with Crippen LogP contribution in [0.2, 0.25) is 0 Å². The average molecular weight is 470 g/mol. The molecule has 34 heavy (non-hydrogen) atoms. The van der Waals surface area contributed by atoms with Gasteiger partial charge in [0.2, 0.25) is 5.91 Å². The summed E-state index contributed by atoms with van der Waals surface area (Å²) in [5, 5.41) is 13.5. The lowest BCUT2D eigenvalue weighted by atomic mass is 10.0. The molecule has 3 N–H and O–H groups in total. The van der Waals surface area contributed by atoms with Gasteiger partial charge in [-0.1, -0.05) is 6.58 Å². The highest BCUT2D eigenvalue weighted by molar-refractivity contribution is 6.03. The fourth-order valence-corrected chi connectivity index (χ4v) is 4.77. The minimum Gasteiger partial charge on any atom is -0.381 e. The first kappa shape index (κ1) is 22.3. The van der Waals surface area contributed by atoms with E-state index in [1.54, 1.807) is 11.1 Å². The van der Waals surface area contributed by atoms with E-state index in [2.05, 4.69) is 32.6 Å². The first-order valence-electron chi connectivity index (χ1n) is 11.6. The van der Waals surface area contributed by atoms with Gasteiger partial charge in [0.1, 0.15) is 5.82 Å². The van der Waals surface area contributed by atoms with E-state index in [1.165, 1.54) is 6.08 Å². The number of anilines is 3. The molecule has 1 atom stereocenters. The summed E-state index contributed by atoms with van der Waals surface area (Å²) in [4.78, 5) is 30.6. The quantitative estimate of drug-likeness (QED) is 0.557. The summed E-state index contributed by atoms with van der Waals surface area (Å²) in [6.45, 7) is 6.12. The maximum Gasteiger partial charge on any atom is 0.255 e. The Bertz CT molecular complexity index is 1110. The van der Waals surface area contributed by atoms with E-state index >= 15 is 4.39 Å². The lowest BCUT2D eigenvalue weighted by molar-refractivity contribution is -0.127. The number of ether oxygens (including phenoxy) is 1. The van der Waals surface area contributed by atoms with Crippen LogP contribution in [0.3, 0.4) is 0 Å². The average Bonchev–Trinajstić information content (AvgIpc) is 3.49. The van der Waals surface area contributed by atoms with Gasteiger partial charge < -0.3 is 25.6 Å². The van der Waals surface area contributed by atoms with Gasteiger partial charge in [0.15, 0.2) is 11.6 Å². The molecule has 0 aliphatic carbocycles. The summed E-state index contributed by atoms with van der Waals surface area (Å²) >= 11 is 0. The third-order valence-corrected chi connectivity index (χ3v) is 6.57. The summed E-state index contributed by atoms with van der Waals surface area (Å²) in [6.07, 6.45) is 8.16. The van der Waals surface area contributed by atoms with Crippen molar-refractivity contribution >= 4 is 29.1 Å². The molecule has 5 rings (SSSR count). The molecule has 5 heterocycles. The molecule has 0 aromatic carbocycles. The molecule has 2 aromatic heterocycles. The third-order valence-electron chi connectivity index (χ3n) is 6.57. The Balaban J connectivity index is 1.39. The number of fused-ring (bicyclic) bond motifs is 1. The van der Waals surface area contributed by atoms with Crippen LogP contribution < -0.4 is 16.0 Å². The summed E-state index contributed by atoms with van der Waals surface area (Å²) < 4.78 is 22.6. The standard InChI is InChI=1S/C23H28FN7O3/c1-2-18(32)30-7-3-4-14(12-30)27-22-20(24)17-11-25-23(33)19(17)21(29-22)28-15-10-26-31(13-15)16-5-8-34-9-6-16/h2,10,13-14,16H,1,3-9,11-12H2,(H,25,33)(H2,27,28,29). The maximum absolute atomic E-state index is 15.3. The van der Waals surface area contributed by atoms with Crippen LogP contribution in [-0.4, -0.2) is 63.8 Å². The highest BCUT2D eigenvalue weighted by Gasteiger charge is 2.31. The second-order valence-electron chi connectivity index (χ2n) is 8.81. The smallest absolute Gasteiger partial charge is 0.255 e. The Hall–Kier alpha value is -3.47. The maximum atomic E-state index is 15.3. The molecule has 2 saturated heterocycles. The van der Waals surface area contributed by atoms with Crippen molar-refractivity contribution in [2.45, 2.75) is 44.3 Å². The van der Waals surface area contributed by atoms with E-state index in [1.807, 2.05) is 10.9 Å². The number of rotatable bonds is 6. The third kappa shape index (κ3) is 4.35. The summed E-state index contributed by atoms with van der Waals surface area (Å²) in [6, 6.07) is 0.0936. The largest absolute Gasteiger partial charge is 0.381 e. The van der Waals surface area contributed by atoms with Gasteiger partial charge in [-0.15, -0.1) is 0 Å². The van der Waals surface area contributed by atoms with Gasteiger partial charge in [-0.25, -0.2) is 9.37 Å². The Morgan fingerprint density at radius 3 is 2.91 bits per heavy atom. The van der Waals surface area contributed by atoms with Gasteiger partial charge in [0.25, 0.3) is 5.91 Å². The van der Waals surface area contributed by atoms with Gasteiger partial charge in [-0.2, -0.15) is 5.10 Å². The van der Waals surface area contributed by atoms with E-state index in [-0.39, 0.29) is 53.2 Å². The number of aromatic nitrogens is 3. The molecule has 0 saturated carbocycles. The van der Waals surface area contributed by atoms with Gasteiger partial charge in [-0.05, 0) is 31.8 Å². The van der Waals surface area contributed by atoms with Crippen molar-refractivity contribution in [3.8, 4) is 0 Å². The van der Waals surface area contributed by atoms with Crippen LogP contribution in [0.25, 0.3) is 0 Å². The van der Waals surface area contributed by atoms with Crippen molar-refractivity contribution in [2.24, 2.45) is 0 Å². The number of nitrogens with one attached hydrogen (secondary N) is 3. The zero-order chi connectivity index (χ0) is 23.7. The van der Waals surface area contributed by atoms with Crippen molar-refractivity contribution in [1.82, 2.24) is 25.0 Å². The van der Waals surface area contributed by atoms with Crippen LogP contribution in [-0.2, 0) is 16.1 Å². The van der Waals surface area contributed by atoms with Crippen molar-refractivity contribution in [2.75, 3.05) is 36.9 Å². The lowest BCUT2D eigenvalue weighted by Crippen LogP contribution is -2.44. The molecule has 0 bridgehead atoms. The van der Waals surface area contributed by atoms with Gasteiger partial charge in [0, 0.05) is 50.7 Å². The first-order chi connectivity index (χ1) is 16.5. The number of carbonyl (C=O) groups excluding carboxylic acids is 2. The Labute approximate surface area is 196 Å². The number of likely N-dealkylation sites (tertiary alicyclic amines) is 1. The normalized spacial score (nSPS) is 20.6. The Morgan fingerprint density at radius 1 is 1.29 bits per heavy atom. The fourth-order valence-electron chi connectivity index (χ4n) is 4.77. The first-order valence-corrected chi connectivity index (χ1v) is 11.6. The number of carbonyl (C=O) groups is 2. The number of pyridine rings is 1. The predicted octanol–water partition coefficient (Wildman–Crippen LogP) is 2.34. The second-order valence-corrected chi connectivity index (χ2v) is 8.81. The fraction of sp³-hybridized carbons (Fsp3) is 0.478. The SMILES string of the molecule is C=CC(=O)N1CCCC(Nc2nc(Nc3cnn(C4CCOCC4)c3)c3c(c2F)CNC3=O)C1. The number of amides is 2. The van der Waals surface area contributed by atoms with Crippen LogP contribution in [0.15, 0.2) is 25.0 Å². The van der Waals surface area contributed by atoms with Crippen molar-refractivity contribution in [3.63, 3.8) is 0 Å². The lowest BCUT2D eigenvalue weighted by Gasteiger charge is -2.33. The van der Waals surface area contributed by atoms with E-state index in [4.69, 9.17) is 4.74 Å². The summed E-state index contributed by atoms with van der Waals surface area (Å²) in [5.41, 5.74) is 1.14. The Morgan fingerprint density at radius 2 is 2.12 bits per heavy atom. The molecule has 2 fully saturated rings. The van der Waals surface area contributed by atoms with Crippen LogP contribution >= 0.6 is 0 Å². The van der Waals surface area contributed by atoms with Crippen LogP contribution in [0, 0.1) is 5.82 Å². The van der Waals surface area contributed by atoms with Gasteiger partial charge >= 0.3 is 0 Å². The van der Waals surface area contributed by atoms with Crippen LogP contribution in [0.5, 0.6) is 0 Å². The number of hydrogen-bond acceptors (Lipinski definition) is 7. The zero-order valence-corrected chi connectivity index (χ0v) is 18.8. The molecular weight excluding hydrogens is 441 g/mol. The van der Waals surface area contributed by atoms with Gasteiger partial charge in [0.05, 0.1) is 23.5 Å². The van der Waals surface area contributed by atoms with Gasteiger partial charge in [-0.3, -0.25) is 14.3 Å². The molecule has 0 radical (unpaired) electrons. The molecule has 0 spiro atoms. The minimum absolute atomic E-state index is 0.0625. The van der Waals surface area contributed by atoms with E-state index < -0.39 is 5.82 Å². The predicted molar refractivity (Wildman–Crippen MR) is 123 cm³/mol. The number of hydrogen-bond donors (Lipinski definition) is 3. The topological polar surface area (TPSA) is 113 Å². The monoisotopic (exact) mass is 469 g/mol. The molecule has 1 unspecified atom stereocenters. The molecule has 11 heteroatoms. The Kier molecular flexibility index (Phi) is 6.18. The molecule has 2 amide bonds. The number of nitrogens with zero attached hydrogens (tertiary/aromatic N) is 4. The molecule has 10 nitrogen and oxygen atoms in total. The molecule has 180 valence electrons. The number of halogens is 1. The van der Waals surface area contributed by atoms with E-state index in [0.717, 1.165) is 25.7 Å². The highest BCUT2D eigenvalue weighted by Crippen LogP contribution is 2.32. The molecule has 3 aliphatic rings. The minimum atomic E-state index is -0.552. The number of piperidine rings is 1. The van der Waals surface area contributed by atoms with Crippen LogP contribution in [0.4, 0.5) is 21.7 Å². The molecule has 2 aromatic rings. The van der Waals surface area contributed by atoms with Crippen molar-refractivity contribution < 1.29 is 18.7 Å². The molecule has 3 aliphatic heterocycles. The van der Waals surface area contributed by atoms with E-state index in [0.29, 0.717) is 32.0 Å². The summed E-state index contributed by atoms with van der Waals surface area (Å²) in [7, 11) is 0. The summed E-state index contributed by atoms with van der Waals surface area (Å²) in [5.74, 6) is -0.730. The molecular formula is C23H28FN7O3.